The van der Waals surface area contributed by atoms with E-state index < -0.39 is 5.97 Å². The fourth-order valence-electron chi connectivity index (χ4n) is 3.30. The van der Waals surface area contributed by atoms with E-state index in [0.717, 1.165) is 29.8 Å². The van der Waals surface area contributed by atoms with Crippen molar-refractivity contribution in [2.75, 3.05) is 5.32 Å². The highest BCUT2D eigenvalue weighted by Crippen LogP contribution is 2.16. The van der Waals surface area contributed by atoms with Crippen LogP contribution in [0.4, 0.5) is 5.69 Å². The summed E-state index contributed by atoms with van der Waals surface area (Å²) >= 11 is 1.37. The summed E-state index contributed by atoms with van der Waals surface area (Å²) < 4.78 is 6.62. The van der Waals surface area contributed by atoms with E-state index >= 15 is 0 Å². The molecule has 2 aromatic carbocycles. The Hall–Kier alpha value is -3.85. The number of fused-ring (bicyclic) bond motifs is 1. The van der Waals surface area contributed by atoms with Crippen LogP contribution in [0.3, 0.4) is 0 Å². The second kappa shape index (κ2) is 10.4. The summed E-state index contributed by atoms with van der Waals surface area (Å²) in [6.45, 7) is 3.89. The number of hydrogen-bond donors (Lipinski definition) is 1. The molecule has 0 spiro atoms. The number of carbonyl (C=O) groups excluding carboxylic acids is 2. The van der Waals surface area contributed by atoms with Gasteiger partial charge >= 0.3 is 5.97 Å². The zero-order chi connectivity index (χ0) is 24.1. The van der Waals surface area contributed by atoms with Gasteiger partial charge in [0, 0.05) is 23.7 Å². The van der Waals surface area contributed by atoms with Crippen LogP contribution in [0.15, 0.2) is 59.4 Å². The molecular weight excluding hydrogens is 452 g/mol. The van der Waals surface area contributed by atoms with Crippen LogP contribution in [0.1, 0.15) is 56.7 Å². The second-order valence-corrected chi connectivity index (χ2v) is 8.90. The van der Waals surface area contributed by atoms with E-state index in [4.69, 9.17) is 4.74 Å². The quantitative estimate of drug-likeness (QED) is 0.378. The van der Waals surface area contributed by atoms with Crippen LogP contribution in [-0.2, 0) is 17.8 Å². The molecule has 0 aliphatic rings. The van der Waals surface area contributed by atoms with E-state index in [1.54, 1.807) is 36.4 Å². The van der Waals surface area contributed by atoms with Gasteiger partial charge in [-0.25, -0.2) is 9.78 Å². The SMILES string of the molecule is CCCCc1nn2c(=O)cc(COC(=O)c3ccc(NC(=O)c4cccc(C)c4)cc3)nc2s1. The third-order valence-corrected chi connectivity index (χ3v) is 6.06. The van der Waals surface area contributed by atoms with E-state index in [1.807, 2.05) is 19.1 Å². The number of nitrogens with zero attached hydrogens (tertiary/aromatic N) is 3. The summed E-state index contributed by atoms with van der Waals surface area (Å²) in [7, 11) is 0. The van der Waals surface area contributed by atoms with Crippen molar-refractivity contribution in [2.24, 2.45) is 0 Å². The lowest BCUT2D eigenvalue weighted by molar-refractivity contribution is 0.0467. The predicted molar refractivity (Wildman–Crippen MR) is 130 cm³/mol. The van der Waals surface area contributed by atoms with Gasteiger partial charge in [0.25, 0.3) is 11.5 Å². The molecule has 0 atom stereocenters. The van der Waals surface area contributed by atoms with Crippen molar-refractivity contribution >= 4 is 33.9 Å². The van der Waals surface area contributed by atoms with Crippen molar-refractivity contribution < 1.29 is 14.3 Å². The average Bonchev–Trinajstić information content (AvgIpc) is 3.25. The lowest BCUT2D eigenvalue weighted by atomic mass is 10.1. The van der Waals surface area contributed by atoms with Crippen LogP contribution < -0.4 is 10.9 Å². The molecule has 0 bridgehead atoms. The molecule has 0 radical (unpaired) electrons. The van der Waals surface area contributed by atoms with E-state index in [-0.39, 0.29) is 18.1 Å². The summed E-state index contributed by atoms with van der Waals surface area (Å²) in [5.74, 6) is -0.779. The number of carbonyl (C=O) groups is 2. The molecule has 1 N–H and O–H groups in total. The summed E-state index contributed by atoms with van der Waals surface area (Å²) in [6.07, 6.45) is 2.84. The monoisotopic (exact) mass is 476 g/mol. The zero-order valence-electron chi connectivity index (χ0n) is 18.9. The van der Waals surface area contributed by atoms with Crippen LogP contribution in [0, 0.1) is 6.92 Å². The number of unbranched alkanes of at least 4 members (excludes halogenated alkanes) is 1. The molecule has 1 amide bonds. The number of esters is 1. The van der Waals surface area contributed by atoms with E-state index in [9.17, 15) is 14.4 Å². The Morgan fingerprint density at radius 2 is 1.88 bits per heavy atom. The van der Waals surface area contributed by atoms with Crippen LogP contribution in [0.5, 0.6) is 0 Å². The minimum absolute atomic E-state index is 0.126. The Kier molecular flexibility index (Phi) is 7.12. The highest BCUT2D eigenvalue weighted by atomic mass is 32.1. The van der Waals surface area contributed by atoms with Crippen molar-refractivity contribution in [2.45, 2.75) is 39.7 Å². The number of anilines is 1. The van der Waals surface area contributed by atoms with Crippen LogP contribution in [0.25, 0.3) is 4.96 Å². The normalized spacial score (nSPS) is 10.9. The smallest absolute Gasteiger partial charge is 0.338 e. The van der Waals surface area contributed by atoms with Crippen LogP contribution in [-0.4, -0.2) is 26.5 Å². The minimum atomic E-state index is -0.550. The van der Waals surface area contributed by atoms with Gasteiger partial charge in [-0.2, -0.15) is 9.61 Å². The molecule has 0 aliphatic carbocycles. The molecular formula is C25H24N4O4S. The molecule has 4 rings (SSSR count). The number of nitrogens with one attached hydrogen (secondary N) is 1. The Morgan fingerprint density at radius 1 is 1.09 bits per heavy atom. The maximum Gasteiger partial charge on any atom is 0.338 e. The van der Waals surface area contributed by atoms with Crippen molar-refractivity contribution in [3.8, 4) is 0 Å². The molecule has 0 saturated heterocycles. The van der Waals surface area contributed by atoms with E-state index in [2.05, 4.69) is 22.3 Å². The molecule has 0 unspecified atom stereocenters. The third-order valence-electron chi connectivity index (χ3n) is 5.09. The first-order chi connectivity index (χ1) is 16.4. The van der Waals surface area contributed by atoms with Gasteiger partial charge in [0.15, 0.2) is 0 Å². The topological polar surface area (TPSA) is 103 Å². The van der Waals surface area contributed by atoms with E-state index in [0.29, 0.717) is 27.5 Å². The first-order valence-electron chi connectivity index (χ1n) is 11.0. The Bertz CT molecular complexity index is 1390. The molecule has 8 nitrogen and oxygen atoms in total. The maximum atomic E-state index is 12.5. The predicted octanol–water partition coefficient (Wildman–Crippen LogP) is 4.41. The Morgan fingerprint density at radius 3 is 2.62 bits per heavy atom. The minimum Gasteiger partial charge on any atom is -0.456 e. The van der Waals surface area contributed by atoms with Crippen molar-refractivity contribution in [3.05, 3.63) is 92.3 Å². The van der Waals surface area contributed by atoms with Crippen molar-refractivity contribution in [1.29, 1.82) is 0 Å². The standard InChI is InChI=1S/C25H24N4O4S/c1-3-4-8-21-28-29-22(30)14-20(27-25(29)34-21)15-33-24(32)17-9-11-19(12-10-17)26-23(31)18-7-5-6-16(2)13-18/h5-7,9-14H,3-4,8,15H2,1-2H3,(H,26,31). The number of benzene rings is 2. The highest BCUT2D eigenvalue weighted by Gasteiger charge is 2.13. The van der Waals surface area contributed by atoms with Gasteiger partial charge in [-0.1, -0.05) is 42.4 Å². The highest BCUT2D eigenvalue weighted by molar-refractivity contribution is 7.16. The average molecular weight is 477 g/mol. The number of rotatable bonds is 8. The first kappa shape index (κ1) is 23.3. The molecule has 34 heavy (non-hydrogen) atoms. The van der Waals surface area contributed by atoms with Gasteiger partial charge in [-0.15, -0.1) is 0 Å². The van der Waals surface area contributed by atoms with Gasteiger partial charge < -0.3 is 10.1 Å². The summed E-state index contributed by atoms with van der Waals surface area (Å²) in [6, 6.07) is 15.0. The van der Waals surface area contributed by atoms with Gasteiger partial charge in [-0.3, -0.25) is 9.59 Å². The molecule has 9 heteroatoms. The molecule has 0 aliphatic heterocycles. The molecule has 0 saturated carbocycles. The summed E-state index contributed by atoms with van der Waals surface area (Å²) in [5.41, 5.74) is 2.50. The molecule has 2 aromatic heterocycles. The molecule has 174 valence electrons. The molecule has 0 fully saturated rings. The summed E-state index contributed by atoms with van der Waals surface area (Å²) in [4.78, 5) is 42.1. The van der Waals surface area contributed by atoms with Gasteiger partial charge in [0.05, 0.1) is 11.3 Å². The maximum absolute atomic E-state index is 12.5. The van der Waals surface area contributed by atoms with Crippen molar-refractivity contribution in [1.82, 2.24) is 14.6 Å². The lowest BCUT2D eigenvalue weighted by Crippen LogP contribution is -2.16. The number of aryl methyl sites for hydroxylation is 2. The third kappa shape index (κ3) is 5.55. The lowest BCUT2D eigenvalue weighted by Gasteiger charge is -2.08. The summed E-state index contributed by atoms with van der Waals surface area (Å²) in [5, 5.41) is 7.97. The van der Waals surface area contributed by atoms with Gasteiger partial charge in [0.1, 0.15) is 11.6 Å². The number of aromatic nitrogens is 3. The van der Waals surface area contributed by atoms with Crippen LogP contribution >= 0.6 is 11.3 Å². The van der Waals surface area contributed by atoms with Crippen molar-refractivity contribution in [3.63, 3.8) is 0 Å². The Labute approximate surface area is 200 Å². The number of hydrogen-bond acceptors (Lipinski definition) is 7. The fraction of sp³-hybridized carbons (Fsp3) is 0.240. The van der Waals surface area contributed by atoms with Gasteiger partial charge in [0.2, 0.25) is 4.96 Å². The fourth-order valence-corrected chi connectivity index (χ4v) is 4.26. The number of ether oxygens (including phenoxy) is 1. The number of amides is 1. The molecule has 2 heterocycles. The van der Waals surface area contributed by atoms with Crippen LogP contribution in [0.2, 0.25) is 0 Å². The first-order valence-corrected chi connectivity index (χ1v) is 11.8. The largest absolute Gasteiger partial charge is 0.456 e. The zero-order valence-corrected chi connectivity index (χ0v) is 19.7. The van der Waals surface area contributed by atoms with Gasteiger partial charge in [-0.05, 0) is 49.7 Å². The molecule has 4 aromatic rings. The Balaban J connectivity index is 1.37. The second-order valence-electron chi connectivity index (χ2n) is 7.86. The van der Waals surface area contributed by atoms with E-state index in [1.165, 1.54) is 21.9 Å².